The fraction of sp³-hybridized carbons (Fsp3) is 0.568. The van der Waals surface area contributed by atoms with Gasteiger partial charge in [0.05, 0.1) is 38.4 Å². The minimum atomic E-state index is -1.01. The van der Waals surface area contributed by atoms with Crippen LogP contribution in [-0.4, -0.2) is 92.2 Å². The molecule has 56 heavy (non-hydrogen) atoms. The van der Waals surface area contributed by atoms with Crippen LogP contribution in [0.1, 0.15) is 65.2 Å². The molecule has 0 spiro atoms. The Balaban J connectivity index is 1.19. The predicted octanol–water partition coefficient (Wildman–Crippen LogP) is 6.47. The van der Waals surface area contributed by atoms with E-state index in [2.05, 4.69) is 0 Å². The third-order valence-corrected chi connectivity index (χ3v) is 10.1. The smallest absolute Gasteiger partial charge is 0.311 e. The van der Waals surface area contributed by atoms with E-state index in [4.69, 9.17) is 52.1 Å². The largest absolute Gasteiger partial charge is 0.456 e. The minimum absolute atomic E-state index is 0.0267. The lowest BCUT2D eigenvalue weighted by Crippen LogP contribution is -2.63. The predicted molar refractivity (Wildman–Crippen MR) is 203 cm³/mol. The highest BCUT2D eigenvalue weighted by Gasteiger charge is 2.61. The van der Waals surface area contributed by atoms with E-state index in [1.807, 2.05) is 139 Å². The Morgan fingerprint density at radius 3 is 1.68 bits per heavy atom. The van der Waals surface area contributed by atoms with Crippen LogP contribution in [0.3, 0.4) is 0 Å². The van der Waals surface area contributed by atoms with Crippen molar-refractivity contribution in [3.05, 3.63) is 108 Å². The SMILES string of the molecule is CC1(C)O[C@H]2[C@@H](O1)[C@@H](CO[C@H]1O[C@H](COCc3ccccc3)[C@H](OC(=O)C(C)(C)C)[C@H](OCc3ccccc3)[C@H]1OCc1ccccc1)O[C@@H]1OC(C)(C)O[C@@H]12. The molecule has 304 valence electrons. The van der Waals surface area contributed by atoms with Crippen LogP contribution in [0.5, 0.6) is 0 Å². The average Bonchev–Trinajstić information content (AvgIpc) is 3.67. The number of esters is 1. The first kappa shape index (κ1) is 40.9. The Morgan fingerprint density at radius 2 is 1.09 bits per heavy atom. The fourth-order valence-corrected chi connectivity index (χ4v) is 7.37. The molecule has 10 atom stereocenters. The molecule has 4 aliphatic rings. The summed E-state index contributed by atoms with van der Waals surface area (Å²) in [6, 6.07) is 29.5. The van der Waals surface area contributed by atoms with Crippen molar-refractivity contribution in [1.29, 1.82) is 0 Å². The molecule has 3 aromatic rings. The number of ether oxygens (including phenoxy) is 11. The first-order valence-corrected chi connectivity index (χ1v) is 19.5. The van der Waals surface area contributed by atoms with Crippen molar-refractivity contribution in [3.8, 4) is 0 Å². The second-order valence-electron chi connectivity index (χ2n) is 16.7. The Bertz CT molecular complexity index is 1700. The summed E-state index contributed by atoms with van der Waals surface area (Å²) in [6.07, 6.45) is -7.21. The third kappa shape index (κ3) is 10.0. The molecule has 7 rings (SSSR count). The lowest BCUT2D eigenvalue weighted by Gasteiger charge is -2.46. The molecule has 0 unspecified atom stereocenters. The van der Waals surface area contributed by atoms with Crippen molar-refractivity contribution in [2.24, 2.45) is 5.41 Å². The molecule has 0 aromatic heterocycles. The van der Waals surface area contributed by atoms with Crippen molar-refractivity contribution in [1.82, 2.24) is 0 Å². The Labute approximate surface area is 329 Å². The van der Waals surface area contributed by atoms with Crippen LogP contribution >= 0.6 is 0 Å². The fourth-order valence-electron chi connectivity index (χ4n) is 7.37. The highest BCUT2D eigenvalue weighted by atomic mass is 16.9. The zero-order valence-electron chi connectivity index (χ0n) is 33.4. The summed E-state index contributed by atoms with van der Waals surface area (Å²) in [5.41, 5.74) is 2.06. The summed E-state index contributed by atoms with van der Waals surface area (Å²) in [6.45, 7) is 13.7. The van der Waals surface area contributed by atoms with Gasteiger partial charge in [0.1, 0.15) is 42.7 Å². The lowest BCUT2D eigenvalue weighted by molar-refractivity contribution is -0.333. The summed E-state index contributed by atoms with van der Waals surface area (Å²) < 4.78 is 71.2. The van der Waals surface area contributed by atoms with Crippen molar-refractivity contribution in [2.75, 3.05) is 13.2 Å². The quantitative estimate of drug-likeness (QED) is 0.167. The number of rotatable bonds is 14. The van der Waals surface area contributed by atoms with E-state index in [0.717, 1.165) is 16.7 Å². The van der Waals surface area contributed by atoms with Crippen LogP contribution < -0.4 is 0 Å². The van der Waals surface area contributed by atoms with E-state index in [9.17, 15) is 4.79 Å². The van der Waals surface area contributed by atoms with Gasteiger partial charge in [0.25, 0.3) is 0 Å². The highest BCUT2D eigenvalue weighted by Crippen LogP contribution is 2.44. The van der Waals surface area contributed by atoms with Crippen molar-refractivity contribution in [3.63, 3.8) is 0 Å². The number of benzene rings is 3. The number of hydrogen-bond acceptors (Lipinski definition) is 12. The van der Waals surface area contributed by atoms with E-state index >= 15 is 0 Å². The van der Waals surface area contributed by atoms with Gasteiger partial charge in [-0.25, -0.2) is 0 Å². The van der Waals surface area contributed by atoms with E-state index in [0.29, 0.717) is 6.61 Å². The second-order valence-corrected chi connectivity index (χ2v) is 16.7. The third-order valence-electron chi connectivity index (χ3n) is 10.1. The zero-order chi connectivity index (χ0) is 39.5. The number of hydrogen-bond donors (Lipinski definition) is 0. The van der Waals surface area contributed by atoms with E-state index in [-0.39, 0.29) is 26.4 Å². The molecule has 12 heteroatoms. The summed E-state index contributed by atoms with van der Waals surface area (Å²) in [5.74, 6) is -2.16. The van der Waals surface area contributed by atoms with Gasteiger partial charge >= 0.3 is 5.97 Å². The van der Waals surface area contributed by atoms with Gasteiger partial charge < -0.3 is 52.1 Å². The highest BCUT2D eigenvalue weighted by molar-refractivity contribution is 5.75. The maximum absolute atomic E-state index is 13.7. The van der Waals surface area contributed by atoms with Gasteiger partial charge in [-0.3, -0.25) is 4.79 Å². The molecule has 4 heterocycles. The molecule has 0 aliphatic carbocycles. The maximum Gasteiger partial charge on any atom is 0.311 e. The van der Waals surface area contributed by atoms with Crippen LogP contribution in [0, 0.1) is 5.41 Å². The van der Waals surface area contributed by atoms with Crippen molar-refractivity contribution < 1.29 is 56.9 Å². The molecule has 4 fully saturated rings. The molecule has 0 saturated carbocycles. The molecular formula is C44H56O12. The van der Waals surface area contributed by atoms with Gasteiger partial charge in [0.15, 0.2) is 30.3 Å². The maximum atomic E-state index is 13.7. The van der Waals surface area contributed by atoms with Gasteiger partial charge in [-0.05, 0) is 65.2 Å². The number of fused-ring (bicyclic) bond motifs is 3. The summed E-state index contributed by atoms with van der Waals surface area (Å²) >= 11 is 0. The minimum Gasteiger partial charge on any atom is -0.456 e. The number of carbonyl (C=O) groups excluding carboxylic acids is 1. The second kappa shape index (κ2) is 17.3. The average molecular weight is 777 g/mol. The van der Waals surface area contributed by atoms with Gasteiger partial charge in [0.2, 0.25) is 0 Å². The van der Waals surface area contributed by atoms with Gasteiger partial charge in [-0.1, -0.05) is 91.0 Å². The number of carbonyl (C=O) groups is 1. The molecule has 4 saturated heterocycles. The van der Waals surface area contributed by atoms with Crippen LogP contribution in [0.4, 0.5) is 0 Å². The van der Waals surface area contributed by atoms with Crippen LogP contribution in [-0.2, 0) is 76.7 Å². The van der Waals surface area contributed by atoms with Gasteiger partial charge in [0, 0.05) is 0 Å². The topological polar surface area (TPSA) is 119 Å². The van der Waals surface area contributed by atoms with Gasteiger partial charge in [-0.2, -0.15) is 0 Å². The Morgan fingerprint density at radius 1 is 0.571 bits per heavy atom. The Kier molecular flexibility index (Phi) is 12.6. The van der Waals surface area contributed by atoms with Gasteiger partial charge in [-0.15, -0.1) is 0 Å². The summed E-state index contributed by atoms with van der Waals surface area (Å²) in [7, 11) is 0. The van der Waals surface area contributed by atoms with Crippen molar-refractivity contribution >= 4 is 5.97 Å². The standard InChI is InChI=1S/C44H56O12/c1-42(2,3)41(45)52-33-31(26-46-23-28-17-11-8-12-18-28)50-39(37(48-25-30-21-15-10-16-22-30)35(33)47-24-29-19-13-9-14-20-29)49-27-32-34-36(54-43(4,5)53-34)38-40(51-32)56-44(6,7)55-38/h8-22,31-40H,23-27H2,1-7H3/t31-,32-,33+,34+,35+,36+,37-,38-,39+,40-/m1/s1. The van der Waals surface area contributed by atoms with E-state index in [1.165, 1.54) is 0 Å². The molecule has 0 radical (unpaired) electrons. The first-order valence-electron chi connectivity index (χ1n) is 19.5. The lowest BCUT2D eigenvalue weighted by atomic mass is 9.95. The summed E-state index contributed by atoms with van der Waals surface area (Å²) in [4.78, 5) is 13.7. The molecule has 0 N–H and O–H groups in total. The zero-order valence-corrected chi connectivity index (χ0v) is 33.4. The molecule has 0 bridgehead atoms. The Hall–Kier alpha value is -3.27. The molecule has 4 aliphatic heterocycles. The molecule has 12 nitrogen and oxygen atoms in total. The van der Waals surface area contributed by atoms with Crippen LogP contribution in [0.25, 0.3) is 0 Å². The summed E-state index contributed by atoms with van der Waals surface area (Å²) in [5, 5.41) is 0. The molecule has 3 aromatic carbocycles. The van der Waals surface area contributed by atoms with E-state index < -0.39 is 84.4 Å². The normalized spacial score (nSPS) is 32.1. The van der Waals surface area contributed by atoms with Crippen LogP contribution in [0.2, 0.25) is 0 Å². The molecular weight excluding hydrogens is 720 g/mol. The van der Waals surface area contributed by atoms with Crippen LogP contribution in [0.15, 0.2) is 91.0 Å². The first-order chi connectivity index (χ1) is 26.7. The monoisotopic (exact) mass is 776 g/mol. The van der Waals surface area contributed by atoms with Crippen molar-refractivity contribution in [2.45, 2.75) is 141 Å². The van der Waals surface area contributed by atoms with E-state index in [1.54, 1.807) is 0 Å². The molecule has 0 amide bonds.